The summed E-state index contributed by atoms with van der Waals surface area (Å²) < 4.78 is 0. The fourth-order valence-electron chi connectivity index (χ4n) is 2.18. The molecule has 1 aromatic rings. The van der Waals surface area contributed by atoms with Gasteiger partial charge in [-0.1, -0.05) is 11.6 Å². The van der Waals surface area contributed by atoms with E-state index in [9.17, 15) is 4.79 Å². The molecule has 1 amide bonds. The second-order valence-electron chi connectivity index (χ2n) is 4.65. The molecule has 1 aromatic carbocycles. The number of nitrogen functional groups attached to an aromatic ring is 1. The highest BCUT2D eigenvalue weighted by molar-refractivity contribution is 6.33. The van der Waals surface area contributed by atoms with Crippen molar-refractivity contribution in [2.45, 2.75) is 12.8 Å². The monoisotopic (exact) mass is 268 g/mol. The van der Waals surface area contributed by atoms with Gasteiger partial charge in [-0.05, 0) is 37.0 Å². The van der Waals surface area contributed by atoms with Crippen molar-refractivity contribution in [1.82, 2.24) is 4.90 Å². The molecule has 18 heavy (non-hydrogen) atoms. The number of halogens is 1. The van der Waals surface area contributed by atoms with E-state index >= 15 is 0 Å². The van der Waals surface area contributed by atoms with Crippen LogP contribution in [0.2, 0.25) is 5.02 Å². The van der Waals surface area contributed by atoms with E-state index in [1.54, 1.807) is 23.1 Å². The van der Waals surface area contributed by atoms with Gasteiger partial charge in [0.15, 0.2) is 0 Å². The standard InChI is InChI=1S/C13H17ClN2O2/c14-11-2-1-10(7-12(11)15)13(18)16-5-3-9(8-17)4-6-16/h1-2,7,9,17H,3-6,8,15H2. The zero-order chi connectivity index (χ0) is 13.1. The van der Waals surface area contributed by atoms with E-state index in [-0.39, 0.29) is 12.5 Å². The van der Waals surface area contributed by atoms with Gasteiger partial charge in [0.2, 0.25) is 0 Å². The lowest BCUT2D eigenvalue weighted by Crippen LogP contribution is -2.39. The summed E-state index contributed by atoms with van der Waals surface area (Å²) in [4.78, 5) is 14.0. The first-order chi connectivity index (χ1) is 8.61. The topological polar surface area (TPSA) is 66.6 Å². The minimum atomic E-state index is -0.0187. The summed E-state index contributed by atoms with van der Waals surface area (Å²) >= 11 is 5.83. The molecule has 1 saturated heterocycles. The fourth-order valence-corrected chi connectivity index (χ4v) is 2.30. The lowest BCUT2D eigenvalue weighted by atomic mass is 9.97. The molecule has 5 heteroatoms. The van der Waals surface area contributed by atoms with E-state index in [2.05, 4.69) is 0 Å². The Kier molecular flexibility index (Phi) is 4.09. The number of likely N-dealkylation sites (tertiary alicyclic amines) is 1. The Balaban J connectivity index is 2.05. The highest BCUT2D eigenvalue weighted by Crippen LogP contribution is 2.22. The fraction of sp³-hybridized carbons (Fsp3) is 0.462. The number of carbonyl (C=O) groups excluding carboxylic acids is 1. The van der Waals surface area contributed by atoms with E-state index in [4.69, 9.17) is 22.4 Å². The van der Waals surface area contributed by atoms with Crippen molar-refractivity contribution in [2.24, 2.45) is 5.92 Å². The molecule has 0 bridgehead atoms. The zero-order valence-electron chi connectivity index (χ0n) is 10.1. The van der Waals surface area contributed by atoms with E-state index in [1.165, 1.54) is 0 Å². The van der Waals surface area contributed by atoms with Crippen molar-refractivity contribution in [2.75, 3.05) is 25.4 Å². The first kappa shape index (κ1) is 13.2. The summed E-state index contributed by atoms with van der Waals surface area (Å²) in [5, 5.41) is 9.53. The summed E-state index contributed by atoms with van der Waals surface area (Å²) in [7, 11) is 0. The summed E-state index contributed by atoms with van der Waals surface area (Å²) in [5.74, 6) is 0.305. The quantitative estimate of drug-likeness (QED) is 0.804. The first-order valence-corrected chi connectivity index (χ1v) is 6.44. The van der Waals surface area contributed by atoms with Crippen LogP contribution in [0.3, 0.4) is 0 Å². The highest BCUT2D eigenvalue weighted by Gasteiger charge is 2.23. The third kappa shape index (κ3) is 2.76. The van der Waals surface area contributed by atoms with Crippen molar-refractivity contribution >= 4 is 23.2 Å². The van der Waals surface area contributed by atoms with Crippen molar-refractivity contribution in [3.63, 3.8) is 0 Å². The van der Waals surface area contributed by atoms with Gasteiger partial charge in [-0.25, -0.2) is 0 Å². The number of hydrogen-bond acceptors (Lipinski definition) is 3. The lowest BCUT2D eigenvalue weighted by molar-refractivity contribution is 0.0651. The number of hydrogen-bond donors (Lipinski definition) is 2. The van der Waals surface area contributed by atoms with Gasteiger partial charge in [-0.2, -0.15) is 0 Å². The van der Waals surface area contributed by atoms with Crippen LogP contribution in [0.15, 0.2) is 18.2 Å². The summed E-state index contributed by atoms with van der Waals surface area (Å²) in [5.41, 5.74) is 6.69. The molecule has 1 fully saturated rings. The van der Waals surface area contributed by atoms with E-state index in [1.807, 2.05) is 0 Å². The van der Waals surface area contributed by atoms with Crippen LogP contribution in [0, 0.1) is 5.92 Å². The number of carbonyl (C=O) groups is 1. The molecule has 1 aliphatic rings. The maximum absolute atomic E-state index is 12.2. The number of nitrogens with two attached hydrogens (primary N) is 1. The Morgan fingerprint density at radius 1 is 1.44 bits per heavy atom. The van der Waals surface area contributed by atoms with Crippen LogP contribution in [-0.2, 0) is 0 Å². The summed E-state index contributed by atoms with van der Waals surface area (Å²) in [6.45, 7) is 1.58. The third-order valence-electron chi connectivity index (χ3n) is 3.40. The molecule has 1 aliphatic heterocycles. The van der Waals surface area contributed by atoms with Gasteiger partial charge in [0.1, 0.15) is 0 Å². The van der Waals surface area contributed by atoms with Gasteiger partial charge in [0.25, 0.3) is 5.91 Å². The maximum atomic E-state index is 12.2. The highest BCUT2D eigenvalue weighted by atomic mass is 35.5. The average molecular weight is 269 g/mol. The van der Waals surface area contributed by atoms with Gasteiger partial charge in [-0.3, -0.25) is 4.79 Å². The summed E-state index contributed by atoms with van der Waals surface area (Å²) in [6.07, 6.45) is 1.70. The molecule has 0 atom stereocenters. The zero-order valence-corrected chi connectivity index (χ0v) is 10.9. The van der Waals surface area contributed by atoms with E-state index < -0.39 is 0 Å². The minimum Gasteiger partial charge on any atom is -0.398 e. The molecule has 1 heterocycles. The smallest absolute Gasteiger partial charge is 0.253 e. The Morgan fingerprint density at radius 3 is 2.67 bits per heavy atom. The number of anilines is 1. The van der Waals surface area contributed by atoms with Crippen LogP contribution in [0.4, 0.5) is 5.69 Å². The third-order valence-corrected chi connectivity index (χ3v) is 3.75. The number of nitrogens with zero attached hydrogens (tertiary/aromatic N) is 1. The molecule has 4 nitrogen and oxygen atoms in total. The van der Waals surface area contributed by atoms with Crippen molar-refractivity contribution in [3.8, 4) is 0 Å². The van der Waals surface area contributed by atoms with E-state index in [0.717, 1.165) is 12.8 Å². The molecule has 0 spiro atoms. The molecule has 3 N–H and O–H groups in total. The molecule has 2 rings (SSSR count). The Labute approximate surface area is 111 Å². The Morgan fingerprint density at radius 2 is 2.11 bits per heavy atom. The van der Waals surface area contributed by atoms with Gasteiger partial charge in [0, 0.05) is 25.3 Å². The predicted molar refractivity (Wildman–Crippen MR) is 71.6 cm³/mol. The molecule has 0 saturated carbocycles. The van der Waals surface area contributed by atoms with Crippen molar-refractivity contribution < 1.29 is 9.90 Å². The van der Waals surface area contributed by atoms with Crippen LogP contribution >= 0.6 is 11.6 Å². The molecule has 98 valence electrons. The second-order valence-corrected chi connectivity index (χ2v) is 5.06. The number of aliphatic hydroxyl groups excluding tert-OH is 1. The molecular formula is C13H17ClN2O2. The molecule has 0 unspecified atom stereocenters. The van der Waals surface area contributed by atoms with Gasteiger partial charge in [0.05, 0.1) is 10.7 Å². The molecular weight excluding hydrogens is 252 g/mol. The second kappa shape index (κ2) is 5.59. The van der Waals surface area contributed by atoms with E-state index in [0.29, 0.717) is 35.3 Å². The van der Waals surface area contributed by atoms with Crippen LogP contribution in [0.1, 0.15) is 23.2 Å². The normalized spacial score (nSPS) is 16.9. The molecule has 0 radical (unpaired) electrons. The average Bonchev–Trinajstić information content (AvgIpc) is 2.41. The Bertz CT molecular complexity index is 443. The Hall–Kier alpha value is -1.26. The number of rotatable bonds is 2. The minimum absolute atomic E-state index is 0.0187. The molecule has 0 aromatic heterocycles. The van der Waals surface area contributed by atoms with Crippen LogP contribution in [0.5, 0.6) is 0 Å². The van der Waals surface area contributed by atoms with Crippen LogP contribution < -0.4 is 5.73 Å². The predicted octanol–water partition coefficient (Wildman–Crippen LogP) is 1.77. The number of aliphatic hydroxyl groups is 1. The summed E-state index contributed by atoms with van der Waals surface area (Å²) in [6, 6.07) is 4.95. The van der Waals surface area contributed by atoms with Crippen molar-refractivity contribution in [1.29, 1.82) is 0 Å². The van der Waals surface area contributed by atoms with Gasteiger partial charge in [-0.15, -0.1) is 0 Å². The van der Waals surface area contributed by atoms with Gasteiger partial charge >= 0.3 is 0 Å². The SMILES string of the molecule is Nc1cc(C(=O)N2CCC(CO)CC2)ccc1Cl. The molecule has 0 aliphatic carbocycles. The number of piperidine rings is 1. The maximum Gasteiger partial charge on any atom is 0.253 e. The first-order valence-electron chi connectivity index (χ1n) is 6.07. The largest absolute Gasteiger partial charge is 0.398 e. The number of amides is 1. The van der Waals surface area contributed by atoms with Crippen LogP contribution in [-0.4, -0.2) is 35.6 Å². The van der Waals surface area contributed by atoms with Gasteiger partial charge < -0.3 is 15.7 Å². The van der Waals surface area contributed by atoms with Crippen molar-refractivity contribution in [3.05, 3.63) is 28.8 Å². The van der Waals surface area contributed by atoms with Crippen LogP contribution in [0.25, 0.3) is 0 Å². The number of benzene rings is 1. The lowest BCUT2D eigenvalue weighted by Gasteiger charge is -2.31.